The monoisotopic (exact) mass is 441 g/mol. The third-order valence-corrected chi connectivity index (χ3v) is 6.55. The topological polar surface area (TPSA) is 81.3 Å². The van der Waals surface area contributed by atoms with Crippen molar-refractivity contribution in [2.45, 2.75) is 39.4 Å². The summed E-state index contributed by atoms with van der Waals surface area (Å²) in [4.78, 5) is 25.4. The SMILES string of the molecule is Cc1ccc(C)c(NC(=O)CSc2nnc3n(CC(C)C)c(=O)c4sccc4n23)c1. The first-order valence-electron chi connectivity index (χ1n) is 9.70. The van der Waals surface area contributed by atoms with E-state index in [1.54, 1.807) is 4.57 Å². The number of thiophene rings is 1. The molecule has 3 aromatic heterocycles. The molecule has 0 fully saturated rings. The van der Waals surface area contributed by atoms with Crippen molar-refractivity contribution < 1.29 is 4.79 Å². The predicted octanol–water partition coefficient (Wildman–Crippen LogP) is 4.11. The fraction of sp³-hybridized carbons (Fsp3) is 0.333. The first kappa shape index (κ1) is 20.6. The molecule has 4 rings (SSSR count). The van der Waals surface area contributed by atoms with E-state index in [-0.39, 0.29) is 17.2 Å². The highest BCUT2D eigenvalue weighted by atomic mass is 32.2. The maximum absolute atomic E-state index is 12.9. The van der Waals surface area contributed by atoms with Crippen molar-refractivity contribution in [3.05, 3.63) is 51.1 Å². The second kappa shape index (κ2) is 8.23. The molecule has 0 bridgehead atoms. The molecule has 0 aliphatic carbocycles. The minimum atomic E-state index is -0.109. The van der Waals surface area contributed by atoms with Crippen LogP contribution >= 0.6 is 23.1 Å². The number of carbonyl (C=O) groups excluding carboxylic acids is 1. The molecule has 0 atom stereocenters. The van der Waals surface area contributed by atoms with Crippen LogP contribution in [0.5, 0.6) is 0 Å². The number of hydrogen-bond donors (Lipinski definition) is 1. The van der Waals surface area contributed by atoms with E-state index in [1.165, 1.54) is 23.1 Å². The molecule has 30 heavy (non-hydrogen) atoms. The molecule has 0 unspecified atom stereocenters. The van der Waals surface area contributed by atoms with Crippen molar-refractivity contribution >= 4 is 50.7 Å². The molecule has 0 aliphatic rings. The first-order chi connectivity index (χ1) is 14.3. The molecule has 3 heterocycles. The van der Waals surface area contributed by atoms with Gasteiger partial charge in [-0.3, -0.25) is 18.6 Å². The second-order valence-electron chi connectivity index (χ2n) is 7.72. The van der Waals surface area contributed by atoms with E-state index in [9.17, 15) is 9.59 Å². The van der Waals surface area contributed by atoms with E-state index in [4.69, 9.17) is 0 Å². The summed E-state index contributed by atoms with van der Waals surface area (Å²) in [7, 11) is 0. The summed E-state index contributed by atoms with van der Waals surface area (Å²) in [5.41, 5.74) is 3.66. The normalized spacial score (nSPS) is 11.6. The van der Waals surface area contributed by atoms with Crippen molar-refractivity contribution in [2.24, 2.45) is 5.92 Å². The number of rotatable bonds is 6. The number of nitrogens with zero attached hydrogens (tertiary/aromatic N) is 4. The second-order valence-corrected chi connectivity index (χ2v) is 9.58. The Morgan fingerprint density at radius 3 is 2.80 bits per heavy atom. The van der Waals surface area contributed by atoms with Crippen LogP contribution in [0.1, 0.15) is 25.0 Å². The number of amides is 1. The van der Waals surface area contributed by atoms with E-state index in [0.29, 0.717) is 28.1 Å². The zero-order valence-electron chi connectivity index (χ0n) is 17.3. The molecular formula is C21H23N5O2S2. The molecule has 4 aromatic rings. The number of fused-ring (bicyclic) bond motifs is 3. The summed E-state index contributed by atoms with van der Waals surface area (Å²) in [6.07, 6.45) is 0. The third-order valence-electron chi connectivity index (χ3n) is 4.73. The van der Waals surface area contributed by atoms with Gasteiger partial charge in [0.25, 0.3) is 5.56 Å². The highest BCUT2D eigenvalue weighted by Gasteiger charge is 2.19. The molecule has 9 heteroatoms. The van der Waals surface area contributed by atoms with Gasteiger partial charge in [-0.2, -0.15) is 0 Å². The minimum absolute atomic E-state index is 0.0437. The van der Waals surface area contributed by atoms with E-state index in [2.05, 4.69) is 29.4 Å². The van der Waals surface area contributed by atoms with Gasteiger partial charge in [0, 0.05) is 12.2 Å². The first-order valence-corrected chi connectivity index (χ1v) is 11.6. The molecule has 1 amide bonds. The van der Waals surface area contributed by atoms with Crippen LogP contribution in [0.25, 0.3) is 16.0 Å². The molecule has 0 saturated heterocycles. The van der Waals surface area contributed by atoms with E-state index >= 15 is 0 Å². The zero-order chi connectivity index (χ0) is 21.4. The Bertz CT molecular complexity index is 1300. The Morgan fingerprint density at radius 2 is 2.03 bits per heavy atom. The van der Waals surface area contributed by atoms with E-state index in [1.807, 2.05) is 47.9 Å². The van der Waals surface area contributed by atoms with Gasteiger partial charge in [-0.25, -0.2) is 0 Å². The summed E-state index contributed by atoms with van der Waals surface area (Å²) in [5, 5.41) is 14.0. The summed E-state index contributed by atoms with van der Waals surface area (Å²) in [6, 6.07) is 7.87. The maximum atomic E-state index is 12.9. The van der Waals surface area contributed by atoms with Crippen LogP contribution in [-0.2, 0) is 11.3 Å². The highest BCUT2D eigenvalue weighted by molar-refractivity contribution is 7.99. The lowest BCUT2D eigenvalue weighted by Gasteiger charge is -2.11. The van der Waals surface area contributed by atoms with Gasteiger partial charge in [0.1, 0.15) is 4.70 Å². The van der Waals surface area contributed by atoms with Crippen LogP contribution in [0.3, 0.4) is 0 Å². The number of anilines is 1. The molecule has 1 N–H and O–H groups in total. The van der Waals surface area contributed by atoms with Crippen LogP contribution in [0, 0.1) is 19.8 Å². The number of thioether (sulfide) groups is 1. The average Bonchev–Trinajstić information content (AvgIpc) is 3.33. The summed E-state index contributed by atoms with van der Waals surface area (Å²) in [5.74, 6) is 0.892. The maximum Gasteiger partial charge on any atom is 0.272 e. The van der Waals surface area contributed by atoms with Crippen LogP contribution in [0.2, 0.25) is 0 Å². The lowest BCUT2D eigenvalue weighted by atomic mass is 10.1. The summed E-state index contributed by atoms with van der Waals surface area (Å²) in [6.45, 7) is 8.65. The molecule has 7 nitrogen and oxygen atoms in total. The lowest BCUT2D eigenvalue weighted by molar-refractivity contribution is -0.113. The third kappa shape index (κ3) is 3.87. The van der Waals surface area contributed by atoms with Crippen molar-refractivity contribution in [2.75, 3.05) is 11.1 Å². The number of carbonyl (C=O) groups is 1. The largest absolute Gasteiger partial charge is 0.325 e. The summed E-state index contributed by atoms with van der Waals surface area (Å²) >= 11 is 2.73. The van der Waals surface area contributed by atoms with Crippen molar-refractivity contribution in [1.82, 2.24) is 19.2 Å². The van der Waals surface area contributed by atoms with Crippen LogP contribution in [0.15, 0.2) is 39.6 Å². The van der Waals surface area contributed by atoms with Gasteiger partial charge < -0.3 is 5.32 Å². The predicted molar refractivity (Wildman–Crippen MR) is 123 cm³/mol. The van der Waals surface area contributed by atoms with Crippen LogP contribution in [0.4, 0.5) is 5.69 Å². The number of hydrogen-bond acceptors (Lipinski definition) is 6. The Morgan fingerprint density at radius 1 is 1.23 bits per heavy atom. The molecule has 0 spiro atoms. The van der Waals surface area contributed by atoms with Gasteiger partial charge in [0.2, 0.25) is 11.7 Å². The van der Waals surface area contributed by atoms with Gasteiger partial charge in [-0.15, -0.1) is 21.5 Å². The number of aromatic nitrogens is 4. The van der Waals surface area contributed by atoms with Crippen LogP contribution in [-0.4, -0.2) is 30.8 Å². The fourth-order valence-electron chi connectivity index (χ4n) is 3.31. The Balaban J connectivity index is 1.64. The smallest absolute Gasteiger partial charge is 0.272 e. The van der Waals surface area contributed by atoms with Gasteiger partial charge in [-0.1, -0.05) is 37.7 Å². The number of aryl methyl sites for hydroxylation is 2. The Kier molecular flexibility index (Phi) is 5.66. The lowest BCUT2D eigenvalue weighted by Crippen LogP contribution is -2.24. The molecule has 0 aliphatic heterocycles. The van der Waals surface area contributed by atoms with Gasteiger partial charge >= 0.3 is 0 Å². The minimum Gasteiger partial charge on any atom is -0.325 e. The standard InChI is InChI=1S/C21H23N5O2S2/c1-12(2)10-25-19(28)18-16(7-8-29-18)26-20(25)23-24-21(26)30-11-17(27)22-15-9-13(3)5-6-14(15)4/h5-9,12H,10-11H2,1-4H3,(H,22,27). The Hall–Kier alpha value is -2.65. The number of nitrogens with one attached hydrogen (secondary N) is 1. The quantitative estimate of drug-likeness (QED) is 0.456. The molecule has 0 radical (unpaired) electrons. The Labute approximate surface area is 182 Å². The van der Waals surface area contributed by atoms with Crippen molar-refractivity contribution in [1.29, 1.82) is 0 Å². The summed E-state index contributed by atoms with van der Waals surface area (Å²) < 4.78 is 4.23. The van der Waals surface area contributed by atoms with Crippen molar-refractivity contribution in [3.63, 3.8) is 0 Å². The van der Waals surface area contributed by atoms with E-state index in [0.717, 1.165) is 22.3 Å². The van der Waals surface area contributed by atoms with E-state index < -0.39 is 0 Å². The van der Waals surface area contributed by atoms with Crippen molar-refractivity contribution in [3.8, 4) is 0 Å². The van der Waals surface area contributed by atoms with Gasteiger partial charge in [-0.05, 0) is 48.4 Å². The molecular weight excluding hydrogens is 418 g/mol. The van der Waals surface area contributed by atoms with Gasteiger partial charge in [0.15, 0.2) is 5.16 Å². The molecule has 156 valence electrons. The molecule has 0 saturated carbocycles. The fourth-order valence-corrected chi connectivity index (χ4v) is 4.87. The zero-order valence-corrected chi connectivity index (χ0v) is 18.9. The van der Waals surface area contributed by atoms with Gasteiger partial charge in [0.05, 0.1) is 11.3 Å². The average molecular weight is 442 g/mol. The number of benzene rings is 1. The highest BCUT2D eigenvalue weighted by Crippen LogP contribution is 2.25. The van der Waals surface area contributed by atoms with Crippen LogP contribution < -0.4 is 10.9 Å². The molecule has 1 aromatic carbocycles.